The van der Waals surface area contributed by atoms with Gasteiger partial charge in [-0.1, -0.05) is 56.3 Å². The number of ether oxygens (including phenoxy) is 3. The second-order valence-corrected chi connectivity index (χ2v) is 8.83. The molecule has 36 heavy (non-hydrogen) atoms. The minimum Gasteiger partial charge on any atom is -0.493 e. The normalized spacial score (nSPS) is 11.6. The summed E-state index contributed by atoms with van der Waals surface area (Å²) >= 11 is 0. The van der Waals surface area contributed by atoms with Crippen LogP contribution in [-0.4, -0.2) is 31.6 Å². The molecular formula is C31H36O5. The first-order valence-corrected chi connectivity index (χ1v) is 12.6. The van der Waals surface area contributed by atoms with E-state index in [1.807, 2.05) is 73.7 Å². The number of carbonyl (C=O) groups is 2. The lowest BCUT2D eigenvalue weighted by molar-refractivity contribution is -0.140. The standard InChI is InChI=1S/C31H36O5/c1-5-23-12-16-29(28(21-23)31(33)25-10-8-7-9-11-25)35-19-18-26(6-2)36-27-15-13-24(22(3)20-27)14-17-30(32)34-4/h7-13,15-16,20-21,26H,5-6,14,17-19H2,1-4H3. The van der Waals surface area contributed by atoms with E-state index in [4.69, 9.17) is 14.2 Å². The van der Waals surface area contributed by atoms with E-state index < -0.39 is 0 Å². The summed E-state index contributed by atoms with van der Waals surface area (Å²) in [5.41, 5.74) is 4.53. The van der Waals surface area contributed by atoms with Crippen molar-refractivity contribution in [1.29, 1.82) is 0 Å². The highest BCUT2D eigenvalue weighted by Crippen LogP contribution is 2.25. The average Bonchev–Trinajstić information content (AvgIpc) is 2.91. The smallest absolute Gasteiger partial charge is 0.305 e. The number of carbonyl (C=O) groups excluding carboxylic acids is 2. The lowest BCUT2D eigenvalue weighted by Gasteiger charge is -2.19. The van der Waals surface area contributed by atoms with Crippen molar-refractivity contribution in [2.45, 2.75) is 59.0 Å². The molecule has 0 fully saturated rings. The molecule has 1 atom stereocenters. The first-order valence-electron chi connectivity index (χ1n) is 12.6. The van der Waals surface area contributed by atoms with Gasteiger partial charge in [-0.15, -0.1) is 0 Å². The molecule has 0 aromatic heterocycles. The van der Waals surface area contributed by atoms with E-state index in [9.17, 15) is 9.59 Å². The number of hydrogen-bond donors (Lipinski definition) is 0. The fourth-order valence-electron chi connectivity index (χ4n) is 4.05. The third kappa shape index (κ3) is 7.45. The summed E-state index contributed by atoms with van der Waals surface area (Å²) in [5, 5.41) is 0. The number of methoxy groups -OCH3 is 1. The Balaban J connectivity index is 1.62. The first kappa shape index (κ1) is 27.0. The van der Waals surface area contributed by atoms with Crippen molar-refractivity contribution >= 4 is 11.8 Å². The van der Waals surface area contributed by atoms with E-state index in [0.717, 1.165) is 35.3 Å². The molecular weight excluding hydrogens is 452 g/mol. The molecule has 5 nitrogen and oxygen atoms in total. The van der Waals surface area contributed by atoms with Crippen molar-refractivity contribution in [2.75, 3.05) is 13.7 Å². The van der Waals surface area contributed by atoms with Gasteiger partial charge >= 0.3 is 5.97 Å². The monoisotopic (exact) mass is 488 g/mol. The van der Waals surface area contributed by atoms with Crippen molar-refractivity contribution in [3.8, 4) is 11.5 Å². The number of aryl methyl sites for hydroxylation is 3. The zero-order valence-corrected chi connectivity index (χ0v) is 21.7. The highest BCUT2D eigenvalue weighted by molar-refractivity contribution is 6.10. The highest BCUT2D eigenvalue weighted by Gasteiger charge is 2.17. The molecule has 1 unspecified atom stereocenters. The van der Waals surface area contributed by atoms with Crippen LogP contribution in [0.3, 0.4) is 0 Å². The molecule has 3 rings (SSSR count). The van der Waals surface area contributed by atoms with Gasteiger partial charge in [0.15, 0.2) is 5.78 Å². The molecule has 0 aliphatic heterocycles. The topological polar surface area (TPSA) is 61.8 Å². The van der Waals surface area contributed by atoms with E-state index >= 15 is 0 Å². The van der Waals surface area contributed by atoms with Crippen LogP contribution in [-0.2, 0) is 22.4 Å². The third-order valence-electron chi connectivity index (χ3n) is 6.33. The predicted molar refractivity (Wildman–Crippen MR) is 142 cm³/mol. The van der Waals surface area contributed by atoms with Crippen molar-refractivity contribution in [1.82, 2.24) is 0 Å². The van der Waals surface area contributed by atoms with E-state index in [1.165, 1.54) is 7.11 Å². The van der Waals surface area contributed by atoms with Crippen LogP contribution < -0.4 is 9.47 Å². The summed E-state index contributed by atoms with van der Waals surface area (Å²) in [6.07, 6.45) is 3.35. The fourth-order valence-corrected chi connectivity index (χ4v) is 4.05. The largest absolute Gasteiger partial charge is 0.493 e. The maximum absolute atomic E-state index is 13.2. The number of esters is 1. The van der Waals surface area contributed by atoms with E-state index in [-0.39, 0.29) is 17.9 Å². The summed E-state index contributed by atoms with van der Waals surface area (Å²) in [7, 11) is 1.41. The van der Waals surface area contributed by atoms with Crippen LogP contribution in [0.15, 0.2) is 66.7 Å². The lowest BCUT2D eigenvalue weighted by Crippen LogP contribution is -2.19. The van der Waals surface area contributed by atoms with Crippen LogP contribution in [0, 0.1) is 6.92 Å². The zero-order chi connectivity index (χ0) is 25.9. The molecule has 0 N–H and O–H groups in total. The Morgan fingerprint density at radius 2 is 1.72 bits per heavy atom. The molecule has 3 aromatic rings. The van der Waals surface area contributed by atoms with Crippen LogP contribution in [0.1, 0.15) is 65.7 Å². The van der Waals surface area contributed by atoms with Gasteiger partial charge in [-0.3, -0.25) is 9.59 Å². The maximum Gasteiger partial charge on any atom is 0.305 e. The van der Waals surface area contributed by atoms with Gasteiger partial charge in [-0.2, -0.15) is 0 Å². The van der Waals surface area contributed by atoms with Crippen LogP contribution in [0.2, 0.25) is 0 Å². The fraction of sp³-hybridized carbons (Fsp3) is 0.355. The highest BCUT2D eigenvalue weighted by atomic mass is 16.5. The van der Waals surface area contributed by atoms with Crippen LogP contribution in [0.5, 0.6) is 11.5 Å². The van der Waals surface area contributed by atoms with E-state index in [0.29, 0.717) is 42.7 Å². The summed E-state index contributed by atoms with van der Waals surface area (Å²) < 4.78 is 17.1. The van der Waals surface area contributed by atoms with Crippen molar-refractivity contribution in [2.24, 2.45) is 0 Å². The predicted octanol–water partition coefficient (Wildman–Crippen LogP) is 6.52. The first-order chi connectivity index (χ1) is 17.4. The molecule has 190 valence electrons. The molecule has 0 spiro atoms. The molecule has 0 aliphatic carbocycles. The van der Waals surface area contributed by atoms with Gasteiger partial charge in [-0.25, -0.2) is 0 Å². The Morgan fingerprint density at radius 1 is 0.944 bits per heavy atom. The van der Waals surface area contributed by atoms with Crippen molar-refractivity contribution in [3.05, 3.63) is 94.5 Å². The molecule has 0 saturated carbocycles. The zero-order valence-electron chi connectivity index (χ0n) is 21.7. The SMILES string of the molecule is CCc1ccc(OCCC(CC)Oc2ccc(CCC(=O)OC)c(C)c2)c(C(=O)c2ccccc2)c1. The molecule has 0 heterocycles. The van der Waals surface area contributed by atoms with Crippen LogP contribution in [0.25, 0.3) is 0 Å². The van der Waals surface area contributed by atoms with Crippen molar-refractivity contribution in [3.63, 3.8) is 0 Å². The second kappa shape index (κ2) is 13.5. The second-order valence-electron chi connectivity index (χ2n) is 8.83. The molecule has 0 saturated heterocycles. The number of hydrogen-bond acceptors (Lipinski definition) is 5. The Kier molecular flexibility index (Phi) is 10.1. The summed E-state index contributed by atoms with van der Waals surface area (Å²) in [5.74, 6) is 1.15. The number of rotatable bonds is 13. The Bertz CT molecular complexity index is 1150. The van der Waals surface area contributed by atoms with Gasteiger partial charge in [0, 0.05) is 18.4 Å². The lowest BCUT2D eigenvalue weighted by atomic mass is 9.99. The van der Waals surface area contributed by atoms with Crippen LogP contribution >= 0.6 is 0 Å². The van der Waals surface area contributed by atoms with Gasteiger partial charge < -0.3 is 14.2 Å². The Morgan fingerprint density at radius 3 is 2.39 bits per heavy atom. The summed E-state index contributed by atoms with van der Waals surface area (Å²) in [6.45, 7) is 6.62. The quantitative estimate of drug-likeness (QED) is 0.202. The van der Waals surface area contributed by atoms with Gasteiger partial charge in [0.25, 0.3) is 0 Å². The molecule has 0 radical (unpaired) electrons. The molecule has 0 aliphatic rings. The number of ketones is 1. The van der Waals surface area contributed by atoms with E-state index in [2.05, 4.69) is 13.8 Å². The van der Waals surface area contributed by atoms with Gasteiger partial charge in [0.05, 0.1) is 19.3 Å². The molecule has 5 heteroatoms. The van der Waals surface area contributed by atoms with Gasteiger partial charge in [0.2, 0.25) is 0 Å². The van der Waals surface area contributed by atoms with Crippen molar-refractivity contribution < 1.29 is 23.8 Å². The minimum absolute atomic E-state index is 0.0199. The Labute approximate surface area is 214 Å². The minimum atomic E-state index is -0.210. The maximum atomic E-state index is 13.2. The number of benzene rings is 3. The van der Waals surface area contributed by atoms with Crippen LogP contribution in [0.4, 0.5) is 0 Å². The van der Waals surface area contributed by atoms with E-state index in [1.54, 1.807) is 0 Å². The summed E-state index contributed by atoms with van der Waals surface area (Å²) in [4.78, 5) is 24.6. The molecule has 0 bridgehead atoms. The average molecular weight is 489 g/mol. The Hall–Kier alpha value is -3.60. The summed E-state index contributed by atoms with van der Waals surface area (Å²) in [6, 6.07) is 21.1. The third-order valence-corrected chi connectivity index (χ3v) is 6.33. The van der Waals surface area contributed by atoms with Gasteiger partial charge in [-0.05, 0) is 67.1 Å². The molecule has 3 aromatic carbocycles. The molecule has 0 amide bonds. The van der Waals surface area contributed by atoms with Gasteiger partial charge in [0.1, 0.15) is 17.6 Å².